The number of Topliss-reactive ketones (excluding diaryl/α,β-unsaturated/α-hetero) is 2. The minimum absolute atomic E-state index is 0.135. The highest BCUT2D eigenvalue weighted by Crippen LogP contribution is 2.56. The molecule has 0 heterocycles. The van der Waals surface area contributed by atoms with Gasteiger partial charge in [0.1, 0.15) is 22.8 Å². The van der Waals surface area contributed by atoms with Crippen molar-refractivity contribution in [3.8, 4) is 5.75 Å². The van der Waals surface area contributed by atoms with Gasteiger partial charge in [0.2, 0.25) is 5.78 Å². The molecule has 7 N–H and O–H groups in total. The molecule has 32 heavy (non-hydrogen) atoms. The van der Waals surface area contributed by atoms with Crippen LogP contribution in [0, 0.1) is 11.8 Å². The summed E-state index contributed by atoms with van der Waals surface area (Å²) in [6.45, 7) is 1.40. The van der Waals surface area contributed by atoms with Crippen molar-refractivity contribution in [2.24, 2.45) is 17.6 Å². The molecule has 4 rings (SSSR count). The van der Waals surface area contributed by atoms with Crippen LogP contribution in [0.25, 0.3) is 0 Å². The Hall–Kier alpha value is -3.21. The summed E-state index contributed by atoms with van der Waals surface area (Å²) in [6.07, 6.45) is -0.200. The van der Waals surface area contributed by atoms with Crippen molar-refractivity contribution in [2.45, 2.75) is 30.6 Å². The van der Waals surface area contributed by atoms with E-state index in [1.807, 2.05) is 0 Å². The maximum Gasteiger partial charge on any atom is 0.255 e. The summed E-state index contributed by atoms with van der Waals surface area (Å²) in [5, 5.41) is 55.0. The Morgan fingerprint density at radius 1 is 1.16 bits per heavy atom. The molecule has 2 unspecified atom stereocenters. The number of aliphatic hydroxyl groups is 4. The number of amides is 1. The molecule has 10 nitrogen and oxygen atoms in total. The Balaban J connectivity index is 2.05. The molecule has 0 fully saturated rings. The molecule has 0 radical (unpaired) electrons. The summed E-state index contributed by atoms with van der Waals surface area (Å²) in [6, 6.07) is 3.05. The number of likely N-dealkylation sites (N-methyl/N-ethyl adjacent to an activating group) is 1. The minimum Gasteiger partial charge on any atom is -0.510 e. The number of nitrogens with zero attached hydrogens (tertiary/aromatic N) is 1. The van der Waals surface area contributed by atoms with E-state index in [2.05, 4.69) is 0 Å². The number of carbonyl (C=O) groups excluding carboxylic acids is 3. The predicted molar refractivity (Wildman–Crippen MR) is 110 cm³/mol. The van der Waals surface area contributed by atoms with E-state index in [1.165, 1.54) is 44.1 Å². The fourth-order valence-corrected chi connectivity index (χ4v) is 5.51. The van der Waals surface area contributed by atoms with Gasteiger partial charge in [-0.2, -0.15) is 0 Å². The molecule has 0 aromatic heterocycles. The Labute approximate surface area is 182 Å². The topological polar surface area (TPSA) is 182 Å². The molecule has 170 valence electrons. The largest absolute Gasteiger partial charge is 0.510 e. The molecular weight excluding hydrogens is 420 g/mol. The summed E-state index contributed by atoms with van der Waals surface area (Å²) in [5.41, 5.74) is -0.654. The van der Waals surface area contributed by atoms with Gasteiger partial charge in [0.15, 0.2) is 11.4 Å². The Kier molecular flexibility index (Phi) is 4.57. The van der Waals surface area contributed by atoms with Crippen LogP contribution >= 0.6 is 0 Å². The van der Waals surface area contributed by atoms with Gasteiger partial charge in [-0.1, -0.05) is 12.1 Å². The van der Waals surface area contributed by atoms with Gasteiger partial charge in [-0.3, -0.25) is 19.3 Å². The van der Waals surface area contributed by atoms with Gasteiger partial charge in [0, 0.05) is 17.4 Å². The number of primary amides is 1. The highest BCUT2D eigenvalue weighted by Gasteiger charge is 2.65. The lowest BCUT2D eigenvalue weighted by Gasteiger charge is -2.52. The number of hydrogen-bond acceptors (Lipinski definition) is 9. The molecular formula is C22H24N2O8. The van der Waals surface area contributed by atoms with Crippen LogP contribution in [0.2, 0.25) is 0 Å². The summed E-state index contributed by atoms with van der Waals surface area (Å²) in [5.74, 6) is -7.89. The molecule has 3 aliphatic carbocycles. The predicted octanol–water partition coefficient (Wildman–Crippen LogP) is -0.214. The zero-order valence-corrected chi connectivity index (χ0v) is 17.7. The maximum absolute atomic E-state index is 13.3. The summed E-state index contributed by atoms with van der Waals surface area (Å²) >= 11 is 0. The molecule has 1 aromatic carbocycles. The number of aliphatic hydroxyl groups excluding tert-OH is 2. The molecule has 0 bridgehead atoms. The van der Waals surface area contributed by atoms with Gasteiger partial charge in [-0.05, 0) is 39.1 Å². The molecule has 1 aromatic rings. The lowest BCUT2D eigenvalue weighted by molar-refractivity contribution is -0.151. The molecule has 1 amide bonds. The number of hydrogen-bond donors (Lipinski definition) is 6. The van der Waals surface area contributed by atoms with Crippen molar-refractivity contribution in [2.75, 3.05) is 14.1 Å². The van der Waals surface area contributed by atoms with Crippen molar-refractivity contribution in [3.63, 3.8) is 0 Å². The van der Waals surface area contributed by atoms with E-state index in [-0.39, 0.29) is 17.5 Å². The van der Waals surface area contributed by atoms with Crippen LogP contribution in [0.15, 0.2) is 40.9 Å². The SMILES string of the molecule is CN(C)[C@@H]1C(O)=C(C(N)=O)C(=O)[C@@]2(O)C(O)=C3C(=O)c4c(O)cccc4[C@@](C)(O)C3CC12. The summed E-state index contributed by atoms with van der Waals surface area (Å²) in [4.78, 5) is 39.9. The molecule has 10 heteroatoms. The van der Waals surface area contributed by atoms with Crippen LogP contribution in [0.3, 0.4) is 0 Å². The number of benzene rings is 1. The van der Waals surface area contributed by atoms with Gasteiger partial charge in [0.25, 0.3) is 5.91 Å². The average Bonchev–Trinajstić information content (AvgIpc) is 2.68. The number of carbonyl (C=O) groups is 3. The Morgan fingerprint density at radius 3 is 2.34 bits per heavy atom. The van der Waals surface area contributed by atoms with E-state index in [0.29, 0.717) is 0 Å². The van der Waals surface area contributed by atoms with Gasteiger partial charge in [-0.25, -0.2) is 0 Å². The molecule has 0 aliphatic heterocycles. The van der Waals surface area contributed by atoms with E-state index in [1.54, 1.807) is 0 Å². The van der Waals surface area contributed by atoms with Crippen molar-refractivity contribution >= 4 is 17.5 Å². The first kappa shape index (κ1) is 22.0. The van der Waals surface area contributed by atoms with Crippen molar-refractivity contribution in [1.29, 1.82) is 0 Å². The monoisotopic (exact) mass is 444 g/mol. The number of rotatable bonds is 2. The maximum atomic E-state index is 13.3. The number of phenols is 1. The minimum atomic E-state index is -2.75. The number of phenolic OH excluding ortho intramolecular Hbond substituents is 1. The highest BCUT2D eigenvalue weighted by molar-refractivity contribution is 6.24. The van der Waals surface area contributed by atoms with Crippen molar-refractivity contribution < 1.29 is 39.9 Å². The van der Waals surface area contributed by atoms with E-state index < -0.39 is 75.0 Å². The zero-order valence-electron chi connectivity index (χ0n) is 17.7. The second-order valence-electron chi connectivity index (χ2n) is 8.96. The van der Waals surface area contributed by atoms with Crippen LogP contribution in [0.1, 0.15) is 29.3 Å². The van der Waals surface area contributed by atoms with Gasteiger partial charge >= 0.3 is 0 Å². The van der Waals surface area contributed by atoms with E-state index >= 15 is 0 Å². The lowest BCUT2D eigenvalue weighted by Crippen LogP contribution is -2.65. The standard InChI is InChI=1S/C22H24N2O8/c1-21(31)8-5-4-6-11(25)12(8)16(26)13-9(21)7-10-15(24(2)3)17(27)14(20(23)30)19(29)22(10,32)18(13)28/h4-6,9-10,15,25,27-28,31-32H,7H2,1-3H3,(H2,23,30)/t9?,10?,15-,21+,22-/m0/s1. The van der Waals surface area contributed by atoms with Crippen molar-refractivity contribution in [1.82, 2.24) is 4.90 Å². The highest BCUT2D eigenvalue weighted by atomic mass is 16.3. The molecule has 0 saturated heterocycles. The molecule has 3 aliphatic rings. The normalized spacial score (nSPS) is 34.4. The Morgan fingerprint density at radius 2 is 1.78 bits per heavy atom. The summed E-state index contributed by atoms with van der Waals surface area (Å²) < 4.78 is 0. The first-order valence-electron chi connectivity index (χ1n) is 9.97. The average molecular weight is 444 g/mol. The van der Waals surface area contributed by atoms with Gasteiger partial charge in [0.05, 0.1) is 17.2 Å². The smallest absolute Gasteiger partial charge is 0.255 e. The van der Waals surface area contributed by atoms with Gasteiger partial charge in [-0.15, -0.1) is 0 Å². The molecule has 5 atom stereocenters. The number of aromatic hydroxyl groups is 1. The second-order valence-corrected chi connectivity index (χ2v) is 8.96. The fraction of sp³-hybridized carbons (Fsp3) is 0.409. The number of ketones is 2. The number of nitrogens with two attached hydrogens (primary N) is 1. The number of fused-ring (bicyclic) bond motifs is 3. The summed E-state index contributed by atoms with van der Waals surface area (Å²) in [7, 11) is 3.06. The van der Waals surface area contributed by atoms with Crippen LogP contribution in [0.5, 0.6) is 5.75 Å². The Bertz CT molecular complexity index is 1150. The first-order valence-corrected chi connectivity index (χ1v) is 9.97. The van der Waals surface area contributed by atoms with Crippen LogP contribution < -0.4 is 5.73 Å². The van der Waals surface area contributed by atoms with Crippen LogP contribution in [-0.2, 0) is 15.2 Å². The lowest BCUT2D eigenvalue weighted by atomic mass is 9.55. The first-order chi connectivity index (χ1) is 14.8. The van der Waals surface area contributed by atoms with Crippen molar-refractivity contribution in [3.05, 3.63) is 52.0 Å². The third-order valence-electron chi connectivity index (χ3n) is 7.02. The van der Waals surface area contributed by atoms with E-state index in [0.717, 1.165) is 0 Å². The fourth-order valence-electron chi connectivity index (χ4n) is 5.51. The van der Waals surface area contributed by atoms with Gasteiger partial charge < -0.3 is 31.3 Å². The second kappa shape index (κ2) is 6.64. The zero-order chi connectivity index (χ0) is 23.9. The van der Waals surface area contributed by atoms with Crippen LogP contribution in [-0.4, -0.2) is 73.6 Å². The van der Waals surface area contributed by atoms with E-state index in [9.17, 15) is 39.9 Å². The molecule has 0 saturated carbocycles. The van der Waals surface area contributed by atoms with Crippen LogP contribution in [0.4, 0.5) is 0 Å². The quantitative estimate of drug-likeness (QED) is 0.336. The van der Waals surface area contributed by atoms with E-state index in [4.69, 9.17) is 5.73 Å². The molecule has 0 spiro atoms. The third-order valence-corrected chi connectivity index (χ3v) is 7.02. The third kappa shape index (κ3) is 2.48.